The average Bonchev–Trinajstić information content (AvgIpc) is 2.91. The van der Waals surface area contributed by atoms with Crippen molar-refractivity contribution in [1.29, 1.82) is 0 Å². The van der Waals surface area contributed by atoms with E-state index >= 15 is 0 Å². The second-order valence-corrected chi connectivity index (χ2v) is 5.19. The fraction of sp³-hybridized carbons (Fsp3) is 0.214. The maximum atomic E-state index is 12.0. The lowest BCUT2D eigenvalue weighted by molar-refractivity contribution is -0.274. The molecule has 21 heavy (non-hydrogen) atoms. The molecule has 7 heteroatoms. The monoisotopic (exact) mass is 315 g/mol. The molecule has 1 amide bonds. The molecule has 112 valence electrons. The lowest BCUT2D eigenvalue weighted by atomic mass is 10.2. The lowest BCUT2D eigenvalue weighted by Crippen LogP contribution is -2.25. The molecule has 0 saturated carbocycles. The molecule has 0 aliphatic heterocycles. The van der Waals surface area contributed by atoms with Gasteiger partial charge < -0.3 is 10.1 Å². The number of carbonyl (C=O) groups excluding carboxylic acids is 1. The van der Waals surface area contributed by atoms with Gasteiger partial charge in [0.15, 0.2) is 0 Å². The summed E-state index contributed by atoms with van der Waals surface area (Å²) in [6, 6.07) is 8.72. The fourth-order valence-corrected chi connectivity index (χ4v) is 2.37. The summed E-state index contributed by atoms with van der Waals surface area (Å²) in [5.74, 6) is -0.678. The minimum absolute atomic E-state index is 0.288. The summed E-state index contributed by atoms with van der Waals surface area (Å²) < 4.78 is 39.7. The summed E-state index contributed by atoms with van der Waals surface area (Å²) in [6.07, 6.45) is -4.01. The molecule has 0 fully saturated rings. The molecule has 2 rings (SSSR count). The van der Waals surface area contributed by atoms with Crippen LogP contribution >= 0.6 is 11.3 Å². The largest absolute Gasteiger partial charge is 0.573 e. The fourth-order valence-electron chi connectivity index (χ4n) is 1.66. The van der Waals surface area contributed by atoms with Gasteiger partial charge in [-0.1, -0.05) is 6.07 Å². The van der Waals surface area contributed by atoms with E-state index in [0.717, 1.165) is 23.4 Å². The molecule has 0 aliphatic carbocycles. The zero-order valence-corrected chi connectivity index (χ0v) is 11.6. The Kier molecular flexibility index (Phi) is 4.85. The number of nitrogens with one attached hydrogen (secondary N) is 1. The highest BCUT2D eigenvalue weighted by molar-refractivity contribution is 7.09. The summed E-state index contributed by atoms with van der Waals surface area (Å²) in [5, 5.41) is 4.66. The van der Waals surface area contributed by atoms with Crippen LogP contribution in [0.4, 0.5) is 13.2 Å². The van der Waals surface area contributed by atoms with Gasteiger partial charge in [0.1, 0.15) is 5.75 Å². The number of carbonyl (C=O) groups is 1. The molecule has 0 bridgehead atoms. The summed E-state index contributed by atoms with van der Waals surface area (Å²) in [4.78, 5) is 13.0. The molecule has 0 saturated heterocycles. The van der Waals surface area contributed by atoms with Crippen molar-refractivity contribution in [2.45, 2.75) is 12.8 Å². The SMILES string of the molecule is O=C(NCCc1cccs1)c1ccc(OC(F)(F)F)cc1. The summed E-state index contributed by atoms with van der Waals surface area (Å²) in [7, 11) is 0. The van der Waals surface area contributed by atoms with Crippen molar-refractivity contribution in [2.24, 2.45) is 0 Å². The van der Waals surface area contributed by atoms with Crippen molar-refractivity contribution in [2.75, 3.05) is 6.54 Å². The van der Waals surface area contributed by atoms with Crippen LogP contribution in [0.1, 0.15) is 15.2 Å². The number of halogens is 3. The smallest absolute Gasteiger partial charge is 0.406 e. The molecule has 3 nitrogen and oxygen atoms in total. The molecule has 0 atom stereocenters. The maximum absolute atomic E-state index is 12.0. The third-order valence-corrected chi connectivity index (χ3v) is 3.52. The van der Waals surface area contributed by atoms with Crippen LogP contribution in [0.3, 0.4) is 0 Å². The second-order valence-electron chi connectivity index (χ2n) is 4.16. The Balaban J connectivity index is 1.85. The van der Waals surface area contributed by atoms with Crippen molar-refractivity contribution in [3.63, 3.8) is 0 Å². The van der Waals surface area contributed by atoms with Crippen molar-refractivity contribution < 1.29 is 22.7 Å². The van der Waals surface area contributed by atoms with Crippen LogP contribution in [0.2, 0.25) is 0 Å². The topological polar surface area (TPSA) is 38.3 Å². The minimum atomic E-state index is -4.73. The maximum Gasteiger partial charge on any atom is 0.573 e. The van der Waals surface area contributed by atoms with Crippen LogP contribution in [0.25, 0.3) is 0 Å². The van der Waals surface area contributed by atoms with Gasteiger partial charge in [-0.3, -0.25) is 4.79 Å². The van der Waals surface area contributed by atoms with E-state index in [9.17, 15) is 18.0 Å². The first kappa shape index (κ1) is 15.4. The van der Waals surface area contributed by atoms with Crippen LogP contribution < -0.4 is 10.1 Å². The molecule has 1 aromatic heterocycles. The quantitative estimate of drug-likeness (QED) is 0.915. The predicted octanol–water partition coefficient (Wildman–Crippen LogP) is 3.62. The van der Waals surface area contributed by atoms with E-state index < -0.39 is 6.36 Å². The Bertz CT molecular complexity index is 579. The van der Waals surface area contributed by atoms with Crippen LogP contribution in [-0.2, 0) is 6.42 Å². The molecule has 0 aliphatic rings. The van der Waals surface area contributed by atoms with Crippen molar-refractivity contribution in [1.82, 2.24) is 5.32 Å². The summed E-state index contributed by atoms with van der Waals surface area (Å²) in [5.41, 5.74) is 0.288. The van der Waals surface area contributed by atoms with Crippen LogP contribution in [-0.4, -0.2) is 18.8 Å². The van der Waals surface area contributed by atoms with Crippen molar-refractivity contribution in [3.8, 4) is 5.75 Å². The van der Waals surface area contributed by atoms with E-state index in [1.165, 1.54) is 12.1 Å². The minimum Gasteiger partial charge on any atom is -0.406 e. The van der Waals surface area contributed by atoms with Gasteiger partial charge in [0, 0.05) is 17.0 Å². The number of hydrogen-bond acceptors (Lipinski definition) is 3. The molecule has 1 N–H and O–H groups in total. The van der Waals surface area contributed by atoms with Gasteiger partial charge >= 0.3 is 6.36 Å². The van der Waals surface area contributed by atoms with E-state index in [4.69, 9.17) is 0 Å². The highest BCUT2D eigenvalue weighted by Crippen LogP contribution is 2.22. The van der Waals surface area contributed by atoms with E-state index in [1.54, 1.807) is 11.3 Å². The first-order valence-electron chi connectivity index (χ1n) is 6.10. The Labute approximate surface area is 123 Å². The number of benzene rings is 1. The van der Waals surface area contributed by atoms with Gasteiger partial charge in [0.25, 0.3) is 5.91 Å². The van der Waals surface area contributed by atoms with E-state index in [0.29, 0.717) is 6.54 Å². The number of thiophene rings is 1. The van der Waals surface area contributed by atoms with Crippen molar-refractivity contribution in [3.05, 3.63) is 52.2 Å². The van der Waals surface area contributed by atoms with Gasteiger partial charge in [-0.25, -0.2) is 0 Å². The standard InChI is InChI=1S/C14H12F3NO2S/c15-14(16,17)20-11-5-3-10(4-6-11)13(19)18-8-7-12-2-1-9-21-12/h1-6,9H,7-8H2,(H,18,19). The van der Waals surface area contributed by atoms with E-state index in [2.05, 4.69) is 10.1 Å². The Morgan fingerprint density at radius 1 is 1.19 bits per heavy atom. The normalized spacial score (nSPS) is 11.2. The number of ether oxygens (including phenoxy) is 1. The summed E-state index contributed by atoms with van der Waals surface area (Å²) >= 11 is 1.60. The molecule has 1 heterocycles. The zero-order valence-electron chi connectivity index (χ0n) is 10.8. The predicted molar refractivity (Wildman–Crippen MR) is 73.5 cm³/mol. The van der Waals surface area contributed by atoms with Gasteiger partial charge in [0.05, 0.1) is 0 Å². The molecule has 0 unspecified atom stereocenters. The molecule has 0 spiro atoms. The number of alkyl halides is 3. The number of amides is 1. The van der Waals surface area contributed by atoms with Gasteiger partial charge in [-0.05, 0) is 42.1 Å². The Morgan fingerprint density at radius 2 is 1.90 bits per heavy atom. The van der Waals surface area contributed by atoms with Crippen LogP contribution in [0.15, 0.2) is 41.8 Å². The number of rotatable bonds is 5. The van der Waals surface area contributed by atoms with E-state index in [1.807, 2.05) is 17.5 Å². The van der Waals surface area contributed by atoms with Crippen molar-refractivity contribution >= 4 is 17.2 Å². The van der Waals surface area contributed by atoms with Gasteiger partial charge in [-0.15, -0.1) is 24.5 Å². The molecular formula is C14H12F3NO2S. The molecule has 1 aromatic carbocycles. The summed E-state index contributed by atoms with van der Waals surface area (Å²) in [6.45, 7) is 0.472. The Morgan fingerprint density at radius 3 is 2.48 bits per heavy atom. The van der Waals surface area contributed by atoms with Gasteiger partial charge in [0.2, 0.25) is 0 Å². The zero-order chi connectivity index (χ0) is 15.3. The molecular weight excluding hydrogens is 303 g/mol. The molecule has 0 radical (unpaired) electrons. The average molecular weight is 315 g/mol. The lowest BCUT2D eigenvalue weighted by Gasteiger charge is -2.09. The second kappa shape index (κ2) is 6.62. The Hall–Kier alpha value is -2.02. The molecule has 2 aromatic rings. The first-order valence-corrected chi connectivity index (χ1v) is 6.98. The van der Waals surface area contributed by atoms with Gasteiger partial charge in [-0.2, -0.15) is 0 Å². The highest BCUT2D eigenvalue weighted by atomic mass is 32.1. The third-order valence-electron chi connectivity index (χ3n) is 2.59. The number of hydrogen-bond donors (Lipinski definition) is 1. The highest BCUT2D eigenvalue weighted by Gasteiger charge is 2.31. The van der Waals surface area contributed by atoms with Crippen LogP contribution in [0.5, 0.6) is 5.75 Å². The third kappa shape index (κ3) is 5.11. The van der Waals surface area contributed by atoms with E-state index in [-0.39, 0.29) is 17.2 Å². The van der Waals surface area contributed by atoms with Crippen LogP contribution in [0, 0.1) is 0 Å². The first-order chi connectivity index (χ1) is 9.94.